The van der Waals surface area contributed by atoms with Gasteiger partial charge in [-0.15, -0.1) is 0 Å². The van der Waals surface area contributed by atoms with Crippen molar-refractivity contribution in [3.8, 4) is 11.5 Å². The molecule has 9 heteroatoms. The largest absolute Gasteiger partial charge is 0.514 e. The minimum absolute atomic E-state index is 0.287. The molecule has 1 aromatic heterocycles. The van der Waals surface area contributed by atoms with Crippen molar-refractivity contribution in [1.82, 2.24) is 4.98 Å². The fourth-order valence-corrected chi connectivity index (χ4v) is 1.42. The summed E-state index contributed by atoms with van der Waals surface area (Å²) in [5.74, 6) is -1.98. The van der Waals surface area contributed by atoms with E-state index in [1.54, 1.807) is 41.5 Å². The molecule has 25 heavy (non-hydrogen) atoms. The quantitative estimate of drug-likeness (QED) is 0.813. The number of carbonyl (C=O) groups excluding carboxylic acids is 2. The average Bonchev–Trinajstić information content (AvgIpc) is 2.35. The first-order chi connectivity index (χ1) is 11.3. The molecule has 0 radical (unpaired) electrons. The van der Waals surface area contributed by atoms with Gasteiger partial charge in [0.25, 0.3) is 0 Å². The highest BCUT2D eigenvalue weighted by Crippen LogP contribution is 2.29. The third-order valence-electron chi connectivity index (χ3n) is 2.22. The molecule has 0 atom stereocenters. The van der Waals surface area contributed by atoms with Gasteiger partial charge in [0.15, 0.2) is 17.2 Å². The third kappa shape index (κ3) is 7.51. The predicted molar refractivity (Wildman–Crippen MR) is 84.9 cm³/mol. The van der Waals surface area contributed by atoms with Crippen LogP contribution in [0.15, 0.2) is 12.3 Å². The van der Waals surface area contributed by atoms with E-state index in [4.69, 9.17) is 24.1 Å². The van der Waals surface area contributed by atoms with Crippen LogP contribution >= 0.6 is 0 Å². The van der Waals surface area contributed by atoms with Gasteiger partial charge in [-0.2, -0.15) is 0 Å². The summed E-state index contributed by atoms with van der Waals surface area (Å²) in [5.41, 5.74) is -2.04. The Balaban J connectivity index is 3.05. The molecule has 1 N–H and O–H groups in total. The average molecular weight is 355 g/mol. The van der Waals surface area contributed by atoms with Crippen LogP contribution < -0.4 is 9.47 Å². The summed E-state index contributed by atoms with van der Waals surface area (Å²) >= 11 is 0. The Labute approximate surface area is 144 Å². The lowest BCUT2D eigenvalue weighted by molar-refractivity contribution is 0.0136. The molecule has 0 unspecified atom stereocenters. The topological polar surface area (TPSA) is 121 Å². The van der Waals surface area contributed by atoms with E-state index in [0.29, 0.717) is 0 Å². The number of ether oxygens (including phenoxy) is 4. The van der Waals surface area contributed by atoms with Crippen molar-refractivity contribution in [2.75, 3.05) is 0 Å². The molecular weight excluding hydrogens is 334 g/mol. The van der Waals surface area contributed by atoms with Crippen molar-refractivity contribution in [3.63, 3.8) is 0 Å². The second-order valence-corrected chi connectivity index (χ2v) is 6.95. The normalized spacial score (nSPS) is 11.4. The number of carboxylic acids is 1. The van der Waals surface area contributed by atoms with Crippen LogP contribution in [0.1, 0.15) is 52.0 Å². The molecule has 0 spiro atoms. The fraction of sp³-hybridized carbons (Fsp3) is 0.500. The molecule has 9 nitrogen and oxygen atoms in total. The van der Waals surface area contributed by atoms with Crippen molar-refractivity contribution in [2.45, 2.75) is 52.7 Å². The van der Waals surface area contributed by atoms with Gasteiger partial charge in [0.2, 0.25) is 0 Å². The lowest BCUT2D eigenvalue weighted by Crippen LogP contribution is -2.27. The zero-order valence-electron chi connectivity index (χ0n) is 14.9. The van der Waals surface area contributed by atoms with Crippen LogP contribution in [0.5, 0.6) is 11.5 Å². The predicted octanol–water partition coefficient (Wildman–Crippen LogP) is 3.41. The molecule has 0 saturated carbocycles. The summed E-state index contributed by atoms with van der Waals surface area (Å²) in [5, 5.41) is 8.99. The number of hydrogen-bond donors (Lipinski definition) is 1. The molecule has 0 aromatic carbocycles. The highest BCUT2D eigenvalue weighted by Gasteiger charge is 2.24. The zero-order valence-corrected chi connectivity index (χ0v) is 14.9. The lowest BCUT2D eigenvalue weighted by atomic mass is 10.2. The summed E-state index contributed by atoms with van der Waals surface area (Å²) in [4.78, 5) is 38.2. The molecule has 0 aliphatic heterocycles. The number of aromatic nitrogens is 1. The van der Waals surface area contributed by atoms with E-state index in [2.05, 4.69) is 4.98 Å². The van der Waals surface area contributed by atoms with E-state index in [1.807, 2.05) is 0 Å². The Morgan fingerprint density at radius 1 is 0.880 bits per heavy atom. The number of nitrogens with zero attached hydrogens (tertiary/aromatic N) is 1. The van der Waals surface area contributed by atoms with Crippen molar-refractivity contribution in [1.29, 1.82) is 0 Å². The van der Waals surface area contributed by atoms with E-state index < -0.39 is 35.2 Å². The van der Waals surface area contributed by atoms with Gasteiger partial charge in [-0.25, -0.2) is 19.4 Å². The maximum Gasteiger partial charge on any atom is 0.514 e. The van der Waals surface area contributed by atoms with Crippen molar-refractivity contribution < 1.29 is 38.4 Å². The Bertz CT molecular complexity index is 670. The van der Waals surface area contributed by atoms with Gasteiger partial charge in [0, 0.05) is 6.07 Å². The van der Waals surface area contributed by atoms with Gasteiger partial charge in [-0.3, -0.25) is 0 Å². The van der Waals surface area contributed by atoms with Gasteiger partial charge >= 0.3 is 18.3 Å². The second kappa shape index (κ2) is 7.37. The number of carbonyl (C=O) groups is 3. The Kier molecular flexibility index (Phi) is 5.96. The van der Waals surface area contributed by atoms with Crippen LogP contribution in [0.3, 0.4) is 0 Å². The number of hydrogen-bond acceptors (Lipinski definition) is 8. The maximum absolute atomic E-state index is 11.8. The van der Waals surface area contributed by atoms with Crippen molar-refractivity contribution in [2.24, 2.45) is 0 Å². The zero-order chi connectivity index (χ0) is 19.4. The van der Waals surface area contributed by atoms with E-state index in [1.165, 1.54) is 0 Å². The Morgan fingerprint density at radius 2 is 1.32 bits per heavy atom. The highest BCUT2D eigenvalue weighted by molar-refractivity contribution is 5.86. The van der Waals surface area contributed by atoms with Crippen LogP contribution in [-0.2, 0) is 9.47 Å². The summed E-state index contributed by atoms with van der Waals surface area (Å²) in [7, 11) is 0. The van der Waals surface area contributed by atoms with Crippen LogP contribution in [0.2, 0.25) is 0 Å². The van der Waals surface area contributed by atoms with Crippen molar-refractivity contribution in [3.05, 3.63) is 18.0 Å². The standard InChI is InChI=1S/C16H21NO8/c1-15(2,3)24-13(20)22-10-7-9(12(18)19)17-8-11(10)23-14(21)25-16(4,5)6/h7-8H,1-6H3,(H,18,19). The molecule has 0 bridgehead atoms. The van der Waals surface area contributed by atoms with Gasteiger partial charge in [0.05, 0.1) is 6.20 Å². The van der Waals surface area contributed by atoms with E-state index in [-0.39, 0.29) is 11.5 Å². The number of rotatable bonds is 3. The Hall–Kier alpha value is -2.84. The molecule has 0 amide bonds. The van der Waals surface area contributed by atoms with Gasteiger partial charge < -0.3 is 24.1 Å². The molecule has 1 rings (SSSR count). The third-order valence-corrected chi connectivity index (χ3v) is 2.22. The summed E-state index contributed by atoms with van der Waals surface area (Å²) < 4.78 is 19.8. The highest BCUT2D eigenvalue weighted by atomic mass is 16.8. The number of aromatic carboxylic acids is 1. The first-order valence-electron chi connectivity index (χ1n) is 7.32. The lowest BCUT2D eigenvalue weighted by Gasteiger charge is -2.20. The first-order valence-corrected chi connectivity index (χ1v) is 7.32. The molecule has 1 aromatic rings. The Morgan fingerprint density at radius 3 is 1.72 bits per heavy atom. The summed E-state index contributed by atoms with van der Waals surface area (Å²) in [6.07, 6.45) is -1.22. The van der Waals surface area contributed by atoms with Gasteiger partial charge in [-0.05, 0) is 41.5 Å². The minimum Gasteiger partial charge on any atom is -0.477 e. The van der Waals surface area contributed by atoms with Crippen LogP contribution in [0.25, 0.3) is 0 Å². The smallest absolute Gasteiger partial charge is 0.477 e. The van der Waals surface area contributed by atoms with Crippen LogP contribution in [-0.4, -0.2) is 39.6 Å². The molecular formula is C16H21NO8. The van der Waals surface area contributed by atoms with Crippen molar-refractivity contribution >= 4 is 18.3 Å². The number of pyridine rings is 1. The van der Waals surface area contributed by atoms with Crippen LogP contribution in [0.4, 0.5) is 9.59 Å². The molecule has 0 aliphatic rings. The SMILES string of the molecule is CC(C)(C)OC(=O)Oc1cnc(C(=O)O)cc1OC(=O)OC(C)(C)C. The van der Waals surface area contributed by atoms with Gasteiger partial charge in [0.1, 0.15) is 11.2 Å². The first kappa shape index (κ1) is 20.2. The molecule has 1 heterocycles. The maximum atomic E-state index is 11.8. The molecule has 0 aliphatic carbocycles. The summed E-state index contributed by atoms with van der Waals surface area (Å²) in [6.45, 7) is 9.79. The fourth-order valence-electron chi connectivity index (χ4n) is 1.42. The van der Waals surface area contributed by atoms with Crippen LogP contribution in [0, 0.1) is 0 Å². The monoisotopic (exact) mass is 355 g/mol. The van der Waals surface area contributed by atoms with E-state index in [9.17, 15) is 14.4 Å². The molecule has 138 valence electrons. The minimum atomic E-state index is -1.35. The van der Waals surface area contributed by atoms with E-state index in [0.717, 1.165) is 12.3 Å². The molecule has 0 saturated heterocycles. The van der Waals surface area contributed by atoms with E-state index >= 15 is 0 Å². The number of carboxylic acid groups (broad SMARTS) is 1. The second-order valence-electron chi connectivity index (χ2n) is 6.95. The van der Waals surface area contributed by atoms with Gasteiger partial charge in [-0.1, -0.05) is 0 Å². The summed E-state index contributed by atoms with van der Waals surface area (Å²) in [6, 6.07) is 0.936. The molecule has 0 fully saturated rings.